The summed E-state index contributed by atoms with van der Waals surface area (Å²) in [7, 11) is 0. The number of pyridine rings is 1. The van der Waals surface area contributed by atoms with Crippen LogP contribution < -0.4 is 10.9 Å². The summed E-state index contributed by atoms with van der Waals surface area (Å²) >= 11 is 6.28. The third-order valence-electron chi connectivity index (χ3n) is 3.79. The Bertz CT molecular complexity index is 744. The molecule has 22 heavy (non-hydrogen) atoms. The van der Waals surface area contributed by atoms with Crippen LogP contribution in [0.25, 0.3) is 0 Å². The lowest BCUT2D eigenvalue weighted by Crippen LogP contribution is -2.48. The minimum atomic E-state index is -0.282. The van der Waals surface area contributed by atoms with Crippen molar-refractivity contribution < 1.29 is 4.79 Å². The standard InChI is InChI=1S/C16H16ClN3O2/c17-13-4-2-1-3-12(13)14-10-18-7-8-20(14)16(22)11-5-6-19-15(21)9-11/h1-6,9,14,18H,7-8,10H2,(H,19,21). The minimum absolute atomic E-state index is 0.144. The number of carbonyl (C=O) groups excluding carboxylic acids is 1. The van der Waals surface area contributed by atoms with Gasteiger partial charge >= 0.3 is 0 Å². The first-order chi connectivity index (χ1) is 10.7. The Hall–Kier alpha value is -2.11. The average Bonchev–Trinajstić information content (AvgIpc) is 2.55. The second-order valence-electron chi connectivity index (χ2n) is 5.18. The molecule has 0 radical (unpaired) electrons. The lowest BCUT2D eigenvalue weighted by Gasteiger charge is -2.37. The number of benzene rings is 1. The number of carbonyl (C=O) groups is 1. The van der Waals surface area contributed by atoms with E-state index in [2.05, 4.69) is 10.3 Å². The van der Waals surface area contributed by atoms with E-state index >= 15 is 0 Å². The molecule has 5 nitrogen and oxygen atoms in total. The maximum atomic E-state index is 12.7. The fourth-order valence-corrected chi connectivity index (χ4v) is 2.98. The van der Waals surface area contributed by atoms with Crippen molar-refractivity contribution in [1.29, 1.82) is 0 Å². The summed E-state index contributed by atoms with van der Waals surface area (Å²) in [5, 5.41) is 3.93. The van der Waals surface area contributed by atoms with Gasteiger partial charge in [-0.05, 0) is 17.7 Å². The summed E-state index contributed by atoms with van der Waals surface area (Å²) in [4.78, 5) is 28.5. The first kappa shape index (κ1) is 14.8. The number of amides is 1. The highest BCUT2D eigenvalue weighted by molar-refractivity contribution is 6.31. The first-order valence-electron chi connectivity index (χ1n) is 7.11. The lowest BCUT2D eigenvalue weighted by molar-refractivity contribution is 0.0634. The monoisotopic (exact) mass is 317 g/mol. The van der Waals surface area contributed by atoms with Crippen molar-refractivity contribution in [2.75, 3.05) is 19.6 Å². The van der Waals surface area contributed by atoms with E-state index in [4.69, 9.17) is 11.6 Å². The van der Waals surface area contributed by atoms with E-state index in [1.807, 2.05) is 24.3 Å². The Morgan fingerprint density at radius 1 is 1.27 bits per heavy atom. The van der Waals surface area contributed by atoms with Gasteiger partial charge in [-0.15, -0.1) is 0 Å². The van der Waals surface area contributed by atoms with E-state index in [9.17, 15) is 9.59 Å². The molecule has 6 heteroatoms. The smallest absolute Gasteiger partial charge is 0.254 e. The molecule has 1 fully saturated rings. The van der Waals surface area contributed by atoms with Crippen molar-refractivity contribution in [1.82, 2.24) is 15.2 Å². The van der Waals surface area contributed by atoms with Gasteiger partial charge in [0.15, 0.2) is 0 Å². The van der Waals surface area contributed by atoms with Crippen molar-refractivity contribution in [2.24, 2.45) is 0 Å². The van der Waals surface area contributed by atoms with Gasteiger partial charge < -0.3 is 15.2 Å². The molecule has 2 heterocycles. The van der Waals surface area contributed by atoms with Crippen LogP contribution in [-0.4, -0.2) is 35.4 Å². The Morgan fingerprint density at radius 3 is 2.86 bits per heavy atom. The molecule has 0 aliphatic carbocycles. The number of hydrogen-bond acceptors (Lipinski definition) is 3. The predicted octanol–water partition coefficient (Wildman–Crippen LogP) is 1.81. The molecule has 1 aromatic heterocycles. The minimum Gasteiger partial charge on any atom is -0.329 e. The van der Waals surface area contributed by atoms with E-state index in [-0.39, 0.29) is 17.5 Å². The Morgan fingerprint density at radius 2 is 2.09 bits per heavy atom. The molecular formula is C16H16ClN3O2. The van der Waals surface area contributed by atoms with Gasteiger partial charge in [0.2, 0.25) is 5.56 Å². The van der Waals surface area contributed by atoms with E-state index < -0.39 is 0 Å². The number of piperazine rings is 1. The van der Waals surface area contributed by atoms with Gasteiger partial charge in [-0.3, -0.25) is 9.59 Å². The molecule has 0 spiro atoms. The highest BCUT2D eigenvalue weighted by Crippen LogP contribution is 2.29. The fourth-order valence-electron chi connectivity index (χ4n) is 2.71. The van der Waals surface area contributed by atoms with Crippen LogP contribution in [0.4, 0.5) is 0 Å². The van der Waals surface area contributed by atoms with Crippen molar-refractivity contribution in [3.05, 3.63) is 69.1 Å². The first-order valence-corrected chi connectivity index (χ1v) is 7.49. The second kappa shape index (κ2) is 6.34. The zero-order valence-corrected chi connectivity index (χ0v) is 12.6. The molecule has 0 saturated carbocycles. The molecule has 1 unspecified atom stereocenters. The molecule has 1 saturated heterocycles. The molecule has 114 valence electrons. The summed E-state index contributed by atoms with van der Waals surface area (Å²) in [6.07, 6.45) is 1.49. The van der Waals surface area contributed by atoms with Gasteiger partial charge in [-0.1, -0.05) is 29.8 Å². The lowest BCUT2D eigenvalue weighted by atomic mass is 10.0. The van der Waals surface area contributed by atoms with Gasteiger partial charge in [0, 0.05) is 42.5 Å². The van der Waals surface area contributed by atoms with Crippen LogP contribution in [0, 0.1) is 0 Å². The van der Waals surface area contributed by atoms with Gasteiger partial charge in [-0.25, -0.2) is 0 Å². The molecule has 1 aliphatic heterocycles. The van der Waals surface area contributed by atoms with Crippen molar-refractivity contribution in [3.63, 3.8) is 0 Å². The largest absolute Gasteiger partial charge is 0.329 e. The summed E-state index contributed by atoms with van der Waals surface area (Å²) in [5.41, 5.74) is 1.02. The fraction of sp³-hybridized carbons (Fsp3) is 0.250. The van der Waals surface area contributed by atoms with Gasteiger partial charge in [-0.2, -0.15) is 0 Å². The number of aromatic nitrogens is 1. The number of H-pyrrole nitrogens is 1. The van der Waals surface area contributed by atoms with Crippen molar-refractivity contribution >= 4 is 17.5 Å². The molecule has 1 amide bonds. The normalized spacial score (nSPS) is 18.2. The Balaban J connectivity index is 1.95. The molecule has 1 atom stereocenters. The van der Waals surface area contributed by atoms with E-state index in [0.29, 0.717) is 23.7 Å². The predicted molar refractivity (Wildman–Crippen MR) is 85.2 cm³/mol. The molecule has 1 aromatic carbocycles. The van der Waals surface area contributed by atoms with Gasteiger partial charge in [0.05, 0.1) is 6.04 Å². The molecule has 2 aromatic rings. The molecular weight excluding hydrogens is 302 g/mol. The van der Waals surface area contributed by atoms with E-state index in [1.165, 1.54) is 12.3 Å². The zero-order chi connectivity index (χ0) is 15.5. The highest BCUT2D eigenvalue weighted by Gasteiger charge is 2.29. The zero-order valence-electron chi connectivity index (χ0n) is 11.9. The molecule has 2 N–H and O–H groups in total. The quantitative estimate of drug-likeness (QED) is 0.888. The third kappa shape index (κ3) is 2.91. The van der Waals surface area contributed by atoms with Crippen molar-refractivity contribution in [2.45, 2.75) is 6.04 Å². The van der Waals surface area contributed by atoms with Gasteiger partial charge in [0.1, 0.15) is 0 Å². The van der Waals surface area contributed by atoms with Gasteiger partial charge in [0.25, 0.3) is 5.91 Å². The third-order valence-corrected chi connectivity index (χ3v) is 4.13. The molecule has 1 aliphatic rings. The number of halogens is 1. The maximum Gasteiger partial charge on any atom is 0.254 e. The number of nitrogens with one attached hydrogen (secondary N) is 2. The van der Waals surface area contributed by atoms with Crippen LogP contribution in [0.1, 0.15) is 22.0 Å². The summed E-state index contributed by atoms with van der Waals surface area (Å²) in [5.74, 6) is -0.155. The van der Waals surface area contributed by atoms with Crippen molar-refractivity contribution in [3.8, 4) is 0 Å². The summed E-state index contributed by atoms with van der Waals surface area (Å²) in [6, 6.07) is 10.3. The summed E-state index contributed by atoms with van der Waals surface area (Å²) < 4.78 is 0. The Labute approximate surface area is 132 Å². The number of hydrogen-bond donors (Lipinski definition) is 2. The van der Waals surface area contributed by atoms with E-state index in [1.54, 1.807) is 11.0 Å². The van der Waals surface area contributed by atoms with Crippen LogP contribution in [0.5, 0.6) is 0 Å². The topological polar surface area (TPSA) is 65.2 Å². The van der Waals surface area contributed by atoms with Crippen LogP contribution in [0.15, 0.2) is 47.4 Å². The number of aromatic amines is 1. The summed E-state index contributed by atoms with van der Waals surface area (Å²) in [6.45, 7) is 1.93. The molecule has 3 rings (SSSR count). The second-order valence-corrected chi connectivity index (χ2v) is 5.59. The average molecular weight is 318 g/mol. The van der Waals surface area contributed by atoms with Crippen LogP contribution in [-0.2, 0) is 0 Å². The number of nitrogens with zero attached hydrogens (tertiary/aromatic N) is 1. The Kier molecular flexibility index (Phi) is 4.27. The number of rotatable bonds is 2. The molecule has 0 bridgehead atoms. The highest BCUT2D eigenvalue weighted by atomic mass is 35.5. The SMILES string of the molecule is O=C(c1cc[nH]c(=O)c1)N1CCNCC1c1ccccc1Cl. The van der Waals surface area contributed by atoms with Crippen LogP contribution in [0.3, 0.4) is 0 Å². The maximum absolute atomic E-state index is 12.7. The van der Waals surface area contributed by atoms with Crippen LogP contribution in [0.2, 0.25) is 5.02 Å². The van der Waals surface area contributed by atoms with Crippen LogP contribution >= 0.6 is 11.6 Å². The van der Waals surface area contributed by atoms with E-state index in [0.717, 1.165) is 12.1 Å².